The van der Waals surface area contributed by atoms with E-state index in [0.717, 1.165) is 67.2 Å². The van der Waals surface area contributed by atoms with Gasteiger partial charge in [-0.3, -0.25) is 9.69 Å². The summed E-state index contributed by atoms with van der Waals surface area (Å²) >= 11 is 0. The molecule has 5 rings (SSSR count). The average molecular weight is 481 g/mol. The number of rotatable bonds is 8. The standard InChI is InChI=1S/C29H32N6O/c1-2-34-14-16-35(17-15-34)20-22-10-12-24(13-11-22)29(36)33-25-7-5-6-23(18-25)19-30-28-26-8-3-4-9-27(26)31-21-32-28/h3-13,18,21H,2,14-17,19-20H2,1H3,(H,33,36)(H,30,31,32). The molecule has 0 unspecified atom stereocenters. The number of fused-ring (bicyclic) bond motifs is 1. The smallest absolute Gasteiger partial charge is 0.255 e. The molecule has 184 valence electrons. The monoisotopic (exact) mass is 480 g/mol. The zero-order chi connectivity index (χ0) is 24.7. The normalized spacial score (nSPS) is 14.6. The van der Waals surface area contributed by atoms with Gasteiger partial charge in [0.1, 0.15) is 12.1 Å². The van der Waals surface area contributed by atoms with Crippen molar-refractivity contribution in [1.82, 2.24) is 19.8 Å². The first-order chi connectivity index (χ1) is 17.7. The van der Waals surface area contributed by atoms with Gasteiger partial charge in [0.2, 0.25) is 0 Å². The quantitative estimate of drug-likeness (QED) is 0.383. The lowest BCUT2D eigenvalue weighted by molar-refractivity contribution is 0.102. The van der Waals surface area contributed by atoms with Crippen molar-refractivity contribution in [3.05, 3.63) is 95.8 Å². The van der Waals surface area contributed by atoms with Gasteiger partial charge in [0.05, 0.1) is 5.52 Å². The summed E-state index contributed by atoms with van der Waals surface area (Å²) in [6.07, 6.45) is 1.57. The number of benzene rings is 3. The van der Waals surface area contributed by atoms with E-state index in [4.69, 9.17) is 0 Å². The Morgan fingerprint density at radius 3 is 2.44 bits per heavy atom. The predicted octanol–water partition coefficient (Wildman–Crippen LogP) is 4.63. The molecule has 0 atom stereocenters. The maximum absolute atomic E-state index is 12.9. The molecule has 1 aromatic heterocycles. The van der Waals surface area contributed by atoms with Crippen LogP contribution in [-0.4, -0.2) is 58.4 Å². The minimum Gasteiger partial charge on any atom is -0.365 e. The summed E-state index contributed by atoms with van der Waals surface area (Å²) in [5.41, 5.74) is 4.62. The SMILES string of the molecule is CCN1CCN(Cc2ccc(C(=O)Nc3cccc(CNc4ncnc5ccccc45)c3)cc2)CC1. The number of nitrogens with one attached hydrogen (secondary N) is 2. The number of hydrogen-bond acceptors (Lipinski definition) is 6. The highest BCUT2D eigenvalue weighted by atomic mass is 16.1. The van der Waals surface area contributed by atoms with Crippen LogP contribution in [0.4, 0.5) is 11.5 Å². The molecule has 7 nitrogen and oxygen atoms in total. The Hall–Kier alpha value is -3.81. The van der Waals surface area contributed by atoms with Gasteiger partial charge in [-0.15, -0.1) is 0 Å². The molecule has 4 aromatic rings. The first-order valence-electron chi connectivity index (χ1n) is 12.6. The van der Waals surface area contributed by atoms with Gasteiger partial charge in [-0.2, -0.15) is 0 Å². The zero-order valence-corrected chi connectivity index (χ0v) is 20.7. The van der Waals surface area contributed by atoms with Crippen molar-refractivity contribution in [2.24, 2.45) is 0 Å². The Kier molecular flexibility index (Phi) is 7.50. The van der Waals surface area contributed by atoms with Crippen molar-refractivity contribution in [2.45, 2.75) is 20.0 Å². The second kappa shape index (κ2) is 11.3. The predicted molar refractivity (Wildman–Crippen MR) is 145 cm³/mol. The lowest BCUT2D eigenvalue weighted by Gasteiger charge is -2.34. The molecule has 0 saturated carbocycles. The first kappa shape index (κ1) is 23.9. The van der Waals surface area contributed by atoms with Gasteiger partial charge < -0.3 is 15.5 Å². The summed E-state index contributed by atoms with van der Waals surface area (Å²) in [5, 5.41) is 7.40. The van der Waals surface area contributed by atoms with Crippen molar-refractivity contribution in [3.63, 3.8) is 0 Å². The number of nitrogens with zero attached hydrogens (tertiary/aromatic N) is 4. The summed E-state index contributed by atoms with van der Waals surface area (Å²) in [5.74, 6) is 0.687. The van der Waals surface area contributed by atoms with Crippen molar-refractivity contribution in [1.29, 1.82) is 0 Å². The summed E-state index contributed by atoms with van der Waals surface area (Å²) in [7, 11) is 0. The fourth-order valence-electron chi connectivity index (χ4n) is 4.58. The summed E-state index contributed by atoms with van der Waals surface area (Å²) < 4.78 is 0. The van der Waals surface area contributed by atoms with E-state index < -0.39 is 0 Å². The summed E-state index contributed by atoms with van der Waals surface area (Å²) in [4.78, 5) is 26.5. The van der Waals surface area contributed by atoms with Crippen molar-refractivity contribution in [2.75, 3.05) is 43.4 Å². The van der Waals surface area contributed by atoms with E-state index in [0.29, 0.717) is 12.1 Å². The zero-order valence-electron chi connectivity index (χ0n) is 20.7. The van der Waals surface area contributed by atoms with E-state index in [2.05, 4.69) is 49.5 Å². The highest BCUT2D eigenvalue weighted by molar-refractivity contribution is 6.04. The van der Waals surface area contributed by atoms with Crippen LogP contribution in [0.1, 0.15) is 28.4 Å². The molecule has 0 radical (unpaired) electrons. The van der Waals surface area contributed by atoms with Gasteiger partial charge in [-0.05, 0) is 54.1 Å². The van der Waals surface area contributed by atoms with Gasteiger partial charge >= 0.3 is 0 Å². The summed E-state index contributed by atoms with van der Waals surface area (Å²) in [6, 6.07) is 23.8. The Balaban J connectivity index is 1.17. The molecule has 2 heterocycles. The van der Waals surface area contributed by atoms with E-state index in [1.807, 2.05) is 60.7 Å². The van der Waals surface area contributed by atoms with Gasteiger partial charge in [0.15, 0.2) is 0 Å². The van der Waals surface area contributed by atoms with Gasteiger partial charge in [0.25, 0.3) is 5.91 Å². The maximum atomic E-state index is 12.9. The minimum atomic E-state index is -0.106. The second-order valence-corrected chi connectivity index (χ2v) is 9.15. The fourth-order valence-corrected chi connectivity index (χ4v) is 4.58. The third-order valence-corrected chi connectivity index (χ3v) is 6.72. The maximum Gasteiger partial charge on any atom is 0.255 e. The molecule has 0 spiro atoms. The van der Waals surface area contributed by atoms with Gasteiger partial charge in [-0.1, -0.05) is 43.3 Å². The van der Waals surface area contributed by atoms with Crippen molar-refractivity contribution < 1.29 is 4.79 Å². The molecule has 0 bridgehead atoms. The lowest BCUT2D eigenvalue weighted by atomic mass is 10.1. The molecular weight excluding hydrogens is 448 g/mol. The number of anilines is 2. The van der Waals surface area contributed by atoms with Crippen LogP contribution >= 0.6 is 0 Å². The molecule has 1 fully saturated rings. The Morgan fingerprint density at radius 2 is 1.64 bits per heavy atom. The number of likely N-dealkylation sites (N-methyl/N-ethyl adjacent to an activating group) is 1. The number of piperazine rings is 1. The van der Waals surface area contributed by atoms with Gasteiger partial charge in [0, 0.05) is 55.9 Å². The molecule has 1 aliphatic rings. The number of carbonyl (C=O) groups is 1. The highest BCUT2D eigenvalue weighted by Crippen LogP contribution is 2.20. The number of hydrogen-bond donors (Lipinski definition) is 2. The third-order valence-electron chi connectivity index (χ3n) is 6.72. The summed E-state index contributed by atoms with van der Waals surface area (Å²) in [6.45, 7) is 9.29. The minimum absolute atomic E-state index is 0.106. The van der Waals surface area contributed by atoms with Crippen LogP contribution in [0.2, 0.25) is 0 Å². The van der Waals surface area contributed by atoms with Crippen LogP contribution in [0.25, 0.3) is 10.9 Å². The Labute approximate surface area is 212 Å². The number of amides is 1. The molecular formula is C29H32N6O. The van der Waals surface area contributed by atoms with Crippen molar-refractivity contribution >= 4 is 28.3 Å². The van der Waals surface area contributed by atoms with E-state index in [-0.39, 0.29) is 5.91 Å². The van der Waals surface area contributed by atoms with Crippen LogP contribution in [0.3, 0.4) is 0 Å². The van der Waals surface area contributed by atoms with E-state index in [1.54, 1.807) is 6.33 Å². The molecule has 3 aromatic carbocycles. The molecule has 1 aliphatic heterocycles. The number of carbonyl (C=O) groups excluding carboxylic acids is 1. The van der Waals surface area contributed by atoms with Crippen LogP contribution < -0.4 is 10.6 Å². The molecule has 1 amide bonds. The highest BCUT2D eigenvalue weighted by Gasteiger charge is 2.15. The van der Waals surface area contributed by atoms with E-state index in [9.17, 15) is 4.79 Å². The molecule has 7 heteroatoms. The van der Waals surface area contributed by atoms with Crippen LogP contribution in [0.5, 0.6) is 0 Å². The fraction of sp³-hybridized carbons (Fsp3) is 0.276. The molecule has 36 heavy (non-hydrogen) atoms. The topological polar surface area (TPSA) is 73.4 Å². The first-order valence-corrected chi connectivity index (χ1v) is 12.6. The van der Waals surface area contributed by atoms with E-state index in [1.165, 1.54) is 5.56 Å². The lowest BCUT2D eigenvalue weighted by Crippen LogP contribution is -2.45. The Bertz CT molecular complexity index is 1310. The Morgan fingerprint density at radius 1 is 0.861 bits per heavy atom. The van der Waals surface area contributed by atoms with Crippen LogP contribution in [0.15, 0.2) is 79.1 Å². The number of aromatic nitrogens is 2. The average Bonchev–Trinajstić information content (AvgIpc) is 2.93. The molecule has 2 N–H and O–H groups in total. The van der Waals surface area contributed by atoms with Gasteiger partial charge in [-0.25, -0.2) is 9.97 Å². The number of para-hydroxylation sites is 1. The molecule has 0 aliphatic carbocycles. The van der Waals surface area contributed by atoms with Crippen LogP contribution in [0, 0.1) is 0 Å². The van der Waals surface area contributed by atoms with Crippen molar-refractivity contribution in [3.8, 4) is 0 Å². The molecule has 1 saturated heterocycles. The van der Waals surface area contributed by atoms with E-state index >= 15 is 0 Å². The second-order valence-electron chi connectivity index (χ2n) is 9.15. The largest absolute Gasteiger partial charge is 0.365 e. The third kappa shape index (κ3) is 5.87. The van der Waals surface area contributed by atoms with Crippen LogP contribution in [-0.2, 0) is 13.1 Å².